The van der Waals surface area contributed by atoms with Crippen molar-refractivity contribution in [2.75, 3.05) is 25.9 Å². The topological polar surface area (TPSA) is 66.5 Å². The van der Waals surface area contributed by atoms with Crippen LogP contribution >= 0.6 is 0 Å². The van der Waals surface area contributed by atoms with Gasteiger partial charge in [0, 0.05) is 31.0 Å². The molecule has 1 amide bonds. The van der Waals surface area contributed by atoms with Gasteiger partial charge in [-0.3, -0.25) is 4.79 Å². The van der Waals surface area contributed by atoms with Gasteiger partial charge < -0.3 is 10.2 Å². The molecule has 1 fully saturated rings. The molecule has 1 N–H and O–H groups in total. The van der Waals surface area contributed by atoms with Gasteiger partial charge >= 0.3 is 0 Å². The molecule has 0 aliphatic carbocycles. The Balaban J connectivity index is 1.89. The molecular formula is C17H26N2O3S. The zero-order chi connectivity index (χ0) is 17.0. The maximum atomic E-state index is 12.2. The fourth-order valence-corrected chi connectivity index (χ4v) is 3.56. The molecule has 1 aromatic carbocycles. The highest BCUT2D eigenvalue weighted by Crippen LogP contribution is 2.18. The molecule has 0 saturated carbocycles. The summed E-state index contributed by atoms with van der Waals surface area (Å²) in [4.78, 5) is 14.9. The first-order valence-corrected chi connectivity index (χ1v) is 9.99. The van der Waals surface area contributed by atoms with E-state index in [-0.39, 0.29) is 10.8 Å². The number of amides is 1. The number of nitrogens with zero attached hydrogens (tertiary/aromatic N) is 1. The third-order valence-electron chi connectivity index (χ3n) is 4.38. The predicted molar refractivity (Wildman–Crippen MR) is 91.3 cm³/mol. The van der Waals surface area contributed by atoms with Crippen LogP contribution in [0.1, 0.15) is 37.0 Å². The van der Waals surface area contributed by atoms with E-state index in [1.54, 1.807) is 12.1 Å². The molecule has 1 atom stereocenters. The Morgan fingerprint density at radius 1 is 1.30 bits per heavy atom. The normalized spacial score (nSPS) is 19.7. The quantitative estimate of drug-likeness (QED) is 0.891. The van der Waals surface area contributed by atoms with Gasteiger partial charge in [0.25, 0.3) is 5.91 Å². The van der Waals surface area contributed by atoms with E-state index in [1.165, 1.54) is 18.6 Å². The zero-order valence-electron chi connectivity index (χ0n) is 14.1. The number of hydrogen-bond acceptors (Lipinski definition) is 4. The zero-order valence-corrected chi connectivity index (χ0v) is 14.9. The lowest BCUT2D eigenvalue weighted by molar-refractivity contribution is 0.0922. The fourth-order valence-electron chi connectivity index (χ4n) is 2.93. The van der Waals surface area contributed by atoms with Gasteiger partial charge in [0.2, 0.25) is 0 Å². The first-order valence-electron chi connectivity index (χ1n) is 8.09. The lowest BCUT2D eigenvalue weighted by Crippen LogP contribution is -2.43. The first-order chi connectivity index (χ1) is 10.8. The van der Waals surface area contributed by atoms with Crippen molar-refractivity contribution in [1.82, 2.24) is 10.2 Å². The minimum atomic E-state index is -3.23. The second-order valence-electron chi connectivity index (χ2n) is 6.60. The van der Waals surface area contributed by atoms with Crippen molar-refractivity contribution in [2.24, 2.45) is 5.92 Å². The smallest absolute Gasteiger partial charge is 0.251 e. The second-order valence-corrected chi connectivity index (χ2v) is 8.62. The van der Waals surface area contributed by atoms with Crippen molar-refractivity contribution in [3.63, 3.8) is 0 Å². The minimum absolute atomic E-state index is 0.147. The number of hydrogen-bond donors (Lipinski definition) is 1. The monoisotopic (exact) mass is 338 g/mol. The number of carbonyl (C=O) groups is 1. The van der Waals surface area contributed by atoms with Crippen LogP contribution in [0.3, 0.4) is 0 Å². The van der Waals surface area contributed by atoms with Gasteiger partial charge in [-0.05, 0) is 63.4 Å². The van der Waals surface area contributed by atoms with Crippen LogP contribution in [0.15, 0.2) is 29.2 Å². The van der Waals surface area contributed by atoms with Crippen LogP contribution in [0.2, 0.25) is 0 Å². The van der Waals surface area contributed by atoms with E-state index >= 15 is 0 Å². The molecule has 0 bridgehead atoms. The van der Waals surface area contributed by atoms with Gasteiger partial charge in [0.1, 0.15) is 0 Å². The van der Waals surface area contributed by atoms with E-state index in [2.05, 4.69) is 24.1 Å². The predicted octanol–water partition coefficient (Wildman–Crippen LogP) is 1.94. The van der Waals surface area contributed by atoms with Crippen LogP contribution in [0, 0.1) is 5.92 Å². The average molecular weight is 338 g/mol. The molecule has 6 heteroatoms. The van der Waals surface area contributed by atoms with Crippen LogP contribution in [-0.4, -0.2) is 51.2 Å². The maximum absolute atomic E-state index is 12.2. The molecule has 1 aliphatic rings. The lowest BCUT2D eigenvalue weighted by Gasteiger charge is -2.35. The molecule has 0 unspecified atom stereocenters. The van der Waals surface area contributed by atoms with E-state index in [0.29, 0.717) is 24.1 Å². The molecule has 23 heavy (non-hydrogen) atoms. The fraction of sp³-hybridized carbons (Fsp3) is 0.588. The number of carbonyl (C=O) groups excluding carboxylic acids is 1. The molecule has 1 saturated heterocycles. The van der Waals surface area contributed by atoms with Crippen molar-refractivity contribution < 1.29 is 13.2 Å². The summed E-state index contributed by atoms with van der Waals surface area (Å²) in [6.07, 6.45) is 3.46. The molecule has 0 radical (unpaired) electrons. The van der Waals surface area contributed by atoms with Gasteiger partial charge in [0.05, 0.1) is 4.90 Å². The van der Waals surface area contributed by atoms with Gasteiger partial charge in [0.15, 0.2) is 9.84 Å². The van der Waals surface area contributed by atoms with Crippen LogP contribution in [-0.2, 0) is 9.84 Å². The number of benzene rings is 1. The van der Waals surface area contributed by atoms with Crippen molar-refractivity contribution in [3.05, 3.63) is 29.8 Å². The molecule has 1 heterocycles. The Kier molecular flexibility index (Phi) is 5.81. The number of piperidine rings is 1. The summed E-state index contributed by atoms with van der Waals surface area (Å²) in [6.45, 7) is 7.21. The third kappa shape index (κ3) is 5.04. The largest absolute Gasteiger partial charge is 0.352 e. The summed E-state index contributed by atoms with van der Waals surface area (Å²) in [6, 6.07) is 6.62. The van der Waals surface area contributed by atoms with Crippen molar-refractivity contribution in [1.29, 1.82) is 0 Å². The van der Waals surface area contributed by atoms with E-state index in [1.807, 2.05) is 0 Å². The number of rotatable bonds is 5. The summed E-state index contributed by atoms with van der Waals surface area (Å²) in [7, 11) is -3.23. The Labute approximate surface area is 139 Å². The maximum Gasteiger partial charge on any atom is 0.251 e. The van der Waals surface area contributed by atoms with E-state index in [4.69, 9.17) is 0 Å². The summed E-state index contributed by atoms with van der Waals surface area (Å²) >= 11 is 0. The summed E-state index contributed by atoms with van der Waals surface area (Å²) in [5.41, 5.74) is 0.494. The van der Waals surface area contributed by atoms with Gasteiger partial charge in [-0.15, -0.1) is 0 Å². The molecule has 1 aromatic rings. The third-order valence-corrected chi connectivity index (χ3v) is 5.51. The average Bonchev–Trinajstić information content (AvgIpc) is 2.52. The highest BCUT2D eigenvalue weighted by atomic mass is 32.2. The van der Waals surface area contributed by atoms with Crippen molar-refractivity contribution in [3.8, 4) is 0 Å². The van der Waals surface area contributed by atoms with Crippen molar-refractivity contribution >= 4 is 15.7 Å². The van der Waals surface area contributed by atoms with Crippen LogP contribution in [0.4, 0.5) is 0 Å². The van der Waals surface area contributed by atoms with Gasteiger partial charge in [-0.25, -0.2) is 8.42 Å². The van der Waals surface area contributed by atoms with Gasteiger partial charge in [-0.2, -0.15) is 0 Å². The second kappa shape index (κ2) is 7.45. The number of sulfone groups is 1. The lowest BCUT2D eigenvalue weighted by atomic mass is 9.97. The highest BCUT2D eigenvalue weighted by Gasteiger charge is 2.22. The Morgan fingerprint density at radius 3 is 2.52 bits per heavy atom. The van der Waals surface area contributed by atoms with E-state index in [9.17, 15) is 13.2 Å². The number of nitrogens with one attached hydrogen (secondary N) is 1. The molecule has 128 valence electrons. The van der Waals surface area contributed by atoms with Crippen LogP contribution < -0.4 is 5.32 Å². The molecule has 2 rings (SSSR count). The Bertz CT molecular complexity index is 638. The molecule has 0 aromatic heterocycles. The van der Waals surface area contributed by atoms with Crippen molar-refractivity contribution in [2.45, 2.75) is 37.6 Å². The van der Waals surface area contributed by atoms with Gasteiger partial charge in [-0.1, -0.05) is 0 Å². The standard InChI is InChI=1S/C17H26N2O3S/c1-13(2)19-10-4-5-14(12-19)11-18-17(20)15-6-8-16(9-7-15)23(3,21)22/h6-9,13-14H,4-5,10-12H2,1-3H3,(H,18,20)/t14-/m1/s1. The summed E-state index contributed by atoms with van der Waals surface area (Å²) in [5.74, 6) is 0.331. The summed E-state index contributed by atoms with van der Waals surface area (Å²) < 4.78 is 22.9. The summed E-state index contributed by atoms with van der Waals surface area (Å²) in [5, 5.41) is 2.97. The Hall–Kier alpha value is -1.40. The Morgan fingerprint density at radius 2 is 1.96 bits per heavy atom. The van der Waals surface area contributed by atoms with Crippen LogP contribution in [0.25, 0.3) is 0 Å². The molecular weight excluding hydrogens is 312 g/mol. The van der Waals surface area contributed by atoms with Crippen LogP contribution in [0.5, 0.6) is 0 Å². The molecule has 0 spiro atoms. The first kappa shape index (κ1) is 17.9. The van der Waals surface area contributed by atoms with E-state index < -0.39 is 9.84 Å². The van der Waals surface area contributed by atoms with E-state index in [0.717, 1.165) is 25.8 Å². The SMILES string of the molecule is CC(C)N1CCC[C@H](CNC(=O)c2ccc(S(C)(=O)=O)cc2)C1. The molecule has 1 aliphatic heterocycles. The minimum Gasteiger partial charge on any atom is -0.352 e. The molecule has 5 nitrogen and oxygen atoms in total. The number of likely N-dealkylation sites (tertiary alicyclic amines) is 1. The highest BCUT2D eigenvalue weighted by molar-refractivity contribution is 7.90.